The Labute approximate surface area is 74.5 Å². The molecule has 0 radical (unpaired) electrons. The Hall–Kier alpha value is 0.270. The van der Waals surface area contributed by atoms with Gasteiger partial charge in [0, 0.05) is 19.7 Å². The predicted octanol–water partition coefficient (Wildman–Crippen LogP) is 1.72. The Bertz CT molecular complexity index is 104. The molecular weight excluding hydrogens is 158 g/mol. The summed E-state index contributed by atoms with van der Waals surface area (Å²) in [6.07, 6.45) is 5.36. The van der Waals surface area contributed by atoms with E-state index in [2.05, 4.69) is 17.1 Å². The first-order valence-electron chi connectivity index (χ1n) is 4.29. The van der Waals surface area contributed by atoms with Gasteiger partial charge in [-0.2, -0.15) is 0 Å². The number of thiol groups is 1. The van der Waals surface area contributed by atoms with E-state index in [0.29, 0.717) is 6.04 Å². The number of hydrogen-bond donors (Lipinski definition) is 1. The van der Waals surface area contributed by atoms with Crippen molar-refractivity contribution in [3.8, 4) is 0 Å². The van der Waals surface area contributed by atoms with Gasteiger partial charge >= 0.3 is 0 Å². The van der Waals surface area contributed by atoms with Gasteiger partial charge < -0.3 is 4.74 Å². The van der Waals surface area contributed by atoms with E-state index >= 15 is 0 Å². The maximum atomic E-state index is 4.98. The summed E-state index contributed by atoms with van der Waals surface area (Å²) < 4.78 is 7.10. The molecule has 0 heterocycles. The molecule has 0 aromatic carbocycles. The van der Waals surface area contributed by atoms with Gasteiger partial charge in [0.15, 0.2) is 0 Å². The molecule has 0 aromatic heterocycles. The molecule has 1 aliphatic rings. The summed E-state index contributed by atoms with van der Waals surface area (Å²) >= 11 is 4.41. The van der Waals surface area contributed by atoms with E-state index in [9.17, 15) is 0 Å². The quantitative estimate of drug-likeness (QED) is 0.653. The Kier molecular flexibility index (Phi) is 4.26. The van der Waals surface area contributed by atoms with Crippen molar-refractivity contribution >= 4 is 12.8 Å². The van der Waals surface area contributed by atoms with Crippen molar-refractivity contribution in [3.05, 3.63) is 0 Å². The van der Waals surface area contributed by atoms with Crippen molar-refractivity contribution in [2.75, 3.05) is 20.3 Å². The van der Waals surface area contributed by atoms with Crippen LogP contribution in [-0.2, 0) is 4.74 Å². The molecule has 0 bridgehead atoms. The van der Waals surface area contributed by atoms with Crippen LogP contribution < -0.4 is 0 Å². The normalized spacial score (nSPS) is 19.9. The van der Waals surface area contributed by atoms with Crippen LogP contribution in [0.2, 0.25) is 0 Å². The van der Waals surface area contributed by atoms with E-state index in [1.54, 1.807) is 7.11 Å². The third kappa shape index (κ3) is 3.01. The number of methoxy groups -OCH3 is 1. The highest BCUT2D eigenvalue weighted by molar-refractivity contribution is 7.77. The molecule has 0 aliphatic heterocycles. The second-order valence-corrected chi connectivity index (χ2v) is 3.61. The Morgan fingerprint density at radius 3 is 2.64 bits per heavy atom. The predicted molar refractivity (Wildman–Crippen MR) is 49.8 cm³/mol. The van der Waals surface area contributed by atoms with Crippen LogP contribution in [0.1, 0.15) is 25.7 Å². The molecule has 1 saturated carbocycles. The van der Waals surface area contributed by atoms with E-state index < -0.39 is 0 Å². The topological polar surface area (TPSA) is 12.5 Å². The molecule has 1 aliphatic carbocycles. The Morgan fingerprint density at radius 1 is 1.45 bits per heavy atom. The van der Waals surface area contributed by atoms with Gasteiger partial charge in [-0.3, -0.25) is 0 Å². The van der Waals surface area contributed by atoms with Crippen LogP contribution in [0.4, 0.5) is 0 Å². The Balaban J connectivity index is 2.12. The van der Waals surface area contributed by atoms with E-state index in [0.717, 1.165) is 13.2 Å². The summed E-state index contributed by atoms with van der Waals surface area (Å²) in [5.74, 6) is 0. The summed E-state index contributed by atoms with van der Waals surface area (Å²) in [6.45, 7) is 1.74. The van der Waals surface area contributed by atoms with E-state index in [1.807, 2.05) is 0 Å². The zero-order valence-electron chi connectivity index (χ0n) is 7.12. The molecule has 0 atom stereocenters. The smallest absolute Gasteiger partial charge is 0.0599 e. The van der Waals surface area contributed by atoms with E-state index in [1.165, 1.54) is 25.7 Å². The Morgan fingerprint density at radius 2 is 2.09 bits per heavy atom. The lowest BCUT2D eigenvalue weighted by Gasteiger charge is -2.21. The molecule has 66 valence electrons. The van der Waals surface area contributed by atoms with Gasteiger partial charge in [0.1, 0.15) is 0 Å². The van der Waals surface area contributed by atoms with Crippen LogP contribution in [0.25, 0.3) is 0 Å². The van der Waals surface area contributed by atoms with Crippen LogP contribution in [0.3, 0.4) is 0 Å². The van der Waals surface area contributed by atoms with Crippen LogP contribution in [-0.4, -0.2) is 30.6 Å². The van der Waals surface area contributed by atoms with Gasteiger partial charge in [-0.25, -0.2) is 4.31 Å². The van der Waals surface area contributed by atoms with Crippen molar-refractivity contribution in [1.29, 1.82) is 0 Å². The first kappa shape index (κ1) is 9.36. The molecule has 1 rings (SSSR count). The fourth-order valence-corrected chi connectivity index (χ4v) is 1.88. The molecule has 2 nitrogen and oxygen atoms in total. The van der Waals surface area contributed by atoms with Gasteiger partial charge in [0.2, 0.25) is 0 Å². The third-order valence-electron chi connectivity index (χ3n) is 2.27. The largest absolute Gasteiger partial charge is 0.383 e. The van der Waals surface area contributed by atoms with Gasteiger partial charge in [0.25, 0.3) is 0 Å². The maximum absolute atomic E-state index is 4.98. The van der Waals surface area contributed by atoms with Crippen LogP contribution in [0.5, 0.6) is 0 Å². The van der Waals surface area contributed by atoms with Crippen molar-refractivity contribution < 1.29 is 4.74 Å². The lowest BCUT2D eigenvalue weighted by atomic mass is 10.2. The summed E-state index contributed by atoms with van der Waals surface area (Å²) in [5, 5.41) is 0. The monoisotopic (exact) mass is 175 g/mol. The van der Waals surface area contributed by atoms with Crippen molar-refractivity contribution in [1.82, 2.24) is 4.31 Å². The minimum absolute atomic E-state index is 0.702. The minimum Gasteiger partial charge on any atom is -0.383 e. The zero-order chi connectivity index (χ0) is 8.10. The second kappa shape index (κ2) is 5.01. The average Bonchev–Trinajstić information content (AvgIpc) is 2.52. The molecule has 0 N–H and O–H groups in total. The van der Waals surface area contributed by atoms with Crippen LogP contribution in [0, 0.1) is 0 Å². The maximum Gasteiger partial charge on any atom is 0.0599 e. The van der Waals surface area contributed by atoms with Crippen molar-refractivity contribution in [2.24, 2.45) is 0 Å². The highest BCUT2D eigenvalue weighted by atomic mass is 32.1. The number of ether oxygens (including phenoxy) is 1. The van der Waals surface area contributed by atoms with Crippen LogP contribution in [0.15, 0.2) is 0 Å². The minimum atomic E-state index is 0.702. The fourth-order valence-electron chi connectivity index (χ4n) is 1.57. The number of hydrogen-bond acceptors (Lipinski definition) is 3. The fraction of sp³-hybridized carbons (Fsp3) is 1.00. The van der Waals surface area contributed by atoms with E-state index in [4.69, 9.17) is 4.74 Å². The zero-order valence-corrected chi connectivity index (χ0v) is 8.02. The van der Waals surface area contributed by atoms with Crippen molar-refractivity contribution in [2.45, 2.75) is 31.7 Å². The molecule has 0 aromatic rings. The van der Waals surface area contributed by atoms with Gasteiger partial charge in [-0.1, -0.05) is 25.7 Å². The van der Waals surface area contributed by atoms with Crippen LogP contribution >= 0.6 is 12.8 Å². The molecule has 0 saturated heterocycles. The number of rotatable bonds is 4. The van der Waals surface area contributed by atoms with E-state index in [-0.39, 0.29) is 0 Å². The summed E-state index contributed by atoms with van der Waals surface area (Å²) in [6, 6.07) is 0.702. The SMILES string of the molecule is COCCN(S)C1CCCC1. The molecule has 11 heavy (non-hydrogen) atoms. The van der Waals surface area contributed by atoms with Crippen molar-refractivity contribution in [3.63, 3.8) is 0 Å². The molecule has 0 unspecified atom stereocenters. The number of nitrogens with zero attached hydrogens (tertiary/aromatic N) is 1. The lowest BCUT2D eigenvalue weighted by Crippen LogP contribution is -2.27. The highest BCUT2D eigenvalue weighted by Crippen LogP contribution is 2.24. The highest BCUT2D eigenvalue weighted by Gasteiger charge is 2.19. The van der Waals surface area contributed by atoms with Gasteiger partial charge in [-0.05, 0) is 12.8 Å². The first-order valence-corrected chi connectivity index (χ1v) is 4.69. The lowest BCUT2D eigenvalue weighted by molar-refractivity contribution is 0.172. The molecule has 3 heteroatoms. The summed E-state index contributed by atoms with van der Waals surface area (Å²) in [4.78, 5) is 0. The second-order valence-electron chi connectivity index (χ2n) is 3.09. The molecule has 0 spiro atoms. The first-order chi connectivity index (χ1) is 5.34. The third-order valence-corrected chi connectivity index (χ3v) is 2.80. The van der Waals surface area contributed by atoms with Gasteiger partial charge in [0.05, 0.1) is 6.61 Å². The molecular formula is C8H17NOS. The summed E-state index contributed by atoms with van der Waals surface area (Å²) in [7, 11) is 1.73. The average molecular weight is 175 g/mol. The standard InChI is InChI=1S/C8H17NOS/c1-10-7-6-9(11)8-4-2-3-5-8/h8,11H,2-7H2,1H3. The molecule has 0 amide bonds. The molecule has 1 fully saturated rings. The van der Waals surface area contributed by atoms with Gasteiger partial charge in [-0.15, -0.1) is 0 Å². The summed E-state index contributed by atoms with van der Waals surface area (Å²) in [5.41, 5.74) is 0.